The fraction of sp³-hybridized carbons (Fsp3) is 0.500. The number of nitrogens with zero attached hydrogens (tertiary/aromatic N) is 3. The van der Waals surface area contributed by atoms with Crippen LogP contribution < -0.4 is 4.74 Å². The van der Waals surface area contributed by atoms with E-state index < -0.39 is 23.8 Å². The summed E-state index contributed by atoms with van der Waals surface area (Å²) in [6.45, 7) is 8.11. The van der Waals surface area contributed by atoms with E-state index in [4.69, 9.17) is 9.47 Å². The number of rotatable bonds is 5. The highest BCUT2D eigenvalue weighted by molar-refractivity contribution is 5.96. The SMILES string of the molecule is Cc1cc(OCC2CN(C(=O)c3cccc(C(F)(F)F)c3C)CCO2)nc(C(C)C)n1. The third-order valence-electron chi connectivity index (χ3n) is 5.08. The summed E-state index contributed by atoms with van der Waals surface area (Å²) < 4.78 is 51.0. The molecule has 0 N–H and O–H groups in total. The van der Waals surface area contributed by atoms with Crippen LogP contribution >= 0.6 is 0 Å². The Balaban J connectivity index is 1.68. The van der Waals surface area contributed by atoms with Crippen LogP contribution in [0, 0.1) is 13.8 Å². The first-order valence-corrected chi connectivity index (χ1v) is 10.1. The van der Waals surface area contributed by atoms with Crippen LogP contribution in [-0.4, -0.2) is 53.2 Å². The number of hydrogen-bond acceptors (Lipinski definition) is 5. The van der Waals surface area contributed by atoms with E-state index in [-0.39, 0.29) is 36.8 Å². The molecule has 1 aliphatic rings. The van der Waals surface area contributed by atoms with E-state index in [1.54, 1.807) is 6.07 Å². The van der Waals surface area contributed by atoms with Gasteiger partial charge in [-0.3, -0.25) is 4.79 Å². The molecular weight excluding hydrogens is 411 g/mol. The van der Waals surface area contributed by atoms with Crippen LogP contribution in [0.4, 0.5) is 13.2 Å². The van der Waals surface area contributed by atoms with Crippen LogP contribution in [0.15, 0.2) is 24.3 Å². The quantitative estimate of drug-likeness (QED) is 0.703. The predicted octanol–water partition coefficient (Wildman–Crippen LogP) is 4.16. The minimum atomic E-state index is -4.51. The minimum absolute atomic E-state index is 0.0457. The second kappa shape index (κ2) is 9.21. The number of hydrogen-bond donors (Lipinski definition) is 0. The Bertz CT molecular complexity index is 947. The number of alkyl halides is 3. The van der Waals surface area contributed by atoms with Crippen molar-refractivity contribution < 1.29 is 27.4 Å². The van der Waals surface area contributed by atoms with Gasteiger partial charge >= 0.3 is 6.18 Å². The molecule has 0 radical (unpaired) electrons. The highest BCUT2D eigenvalue weighted by Gasteiger charge is 2.35. The summed E-state index contributed by atoms with van der Waals surface area (Å²) in [5.41, 5.74) is -0.0389. The van der Waals surface area contributed by atoms with E-state index in [0.29, 0.717) is 18.2 Å². The summed E-state index contributed by atoms with van der Waals surface area (Å²) in [7, 11) is 0. The van der Waals surface area contributed by atoms with Gasteiger partial charge in [-0.2, -0.15) is 18.2 Å². The Hall–Kier alpha value is -2.68. The molecule has 0 spiro atoms. The molecule has 1 amide bonds. The van der Waals surface area contributed by atoms with Gasteiger partial charge in [0.05, 0.1) is 18.7 Å². The summed E-state index contributed by atoms with van der Waals surface area (Å²) in [5.74, 6) is 0.808. The molecule has 0 saturated carbocycles. The summed E-state index contributed by atoms with van der Waals surface area (Å²) in [6, 6.07) is 5.39. The highest BCUT2D eigenvalue weighted by atomic mass is 19.4. The van der Waals surface area contributed by atoms with Crippen molar-refractivity contribution in [3.8, 4) is 5.88 Å². The Morgan fingerprint density at radius 3 is 2.71 bits per heavy atom. The van der Waals surface area contributed by atoms with Crippen LogP contribution in [0.3, 0.4) is 0 Å². The molecule has 1 aliphatic heterocycles. The maximum absolute atomic E-state index is 13.2. The molecule has 0 bridgehead atoms. The fourth-order valence-electron chi connectivity index (χ4n) is 3.42. The van der Waals surface area contributed by atoms with Crippen molar-refractivity contribution in [1.29, 1.82) is 0 Å². The molecule has 1 unspecified atom stereocenters. The molecule has 3 rings (SSSR count). The zero-order valence-corrected chi connectivity index (χ0v) is 18.0. The molecular formula is C22H26F3N3O3. The monoisotopic (exact) mass is 437 g/mol. The Morgan fingerprint density at radius 1 is 1.29 bits per heavy atom. The molecule has 0 aliphatic carbocycles. The van der Waals surface area contributed by atoms with Crippen molar-refractivity contribution >= 4 is 5.91 Å². The molecule has 1 fully saturated rings. The minimum Gasteiger partial charge on any atom is -0.475 e. The van der Waals surface area contributed by atoms with Gasteiger partial charge < -0.3 is 14.4 Å². The van der Waals surface area contributed by atoms with Gasteiger partial charge in [0.25, 0.3) is 5.91 Å². The second-order valence-electron chi connectivity index (χ2n) is 7.89. The van der Waals surface area contributed by atoms with Crippen molar-refractivity contribution in [3.63, 3.8) is 0 Å². The first-order valence-electron chi connectivity index (χ1n) is 10.1. The second-order valence-corrected chi connectivity index (χ2v) is 7.89. The Morgan fingerprint density at radius 2 is 2.03 bits per heavy atom. The van der Waals surface area contributed by atoms with Gasteiger partial charge in [0.15, 0.2) is 0 Å². The first kappa shape index (κ1) is 23.0. The molecule has 2 heterocycles. The zero-order valence-electron chi connectivity index (χ0n) is 18.0. The first-order chi connectivity index (χ1) is 14.6. The fourth-order valence-corrected chi connectivity index (χ4v) is 3.42. The number of aryl methyl sites for hydroxylation is 1. The lowest BCUT2D eigenvalue weighted by atomic mass is 10.0. The van der Waals surface area contributed by atoms with Gasteiger partial charge in [0.1, 0.15) is 18.5 Å². The Kier molecular flexibility index (Phi) is 6.83. The topological polar surface area (TPSA) is 64.5 Å². The average molecular weight is 437 g/mol. The predicted molar refractivity (Wildman–Crippen MR) is 108 cm³/mol. The molecule has 9 heteroatoms. The lowest BCUT2D eigenvalue weighted by Crippen LogP contribution is -2.47. The molecule has 6 nitrogen and oxygen atoms in total. The number of benzene rings is 1. The molecule has 1 saturated heterocycles. The number of halogens is 3. The number of morpholine rings is 1. The summed E-state index contributed by atoms with van der Waals surface area (Å²) in [5, 5.41) is 0. The average Bonchev–Trinajstić information content (AvgIpc) is 2.71. The van der Waals surface area contributed by atoms with E-state index in [2.05, 4.69) is 9.97 Å². The lowest BCUT2D eigenvalue weighted by molar-refractivity contribution is -0.138. The van der Waals surface area contributed by atoms with Crippen molar-refractivity contribution in [2.45, 2.75) is 45.9 Å². The maximum Gasteiger partial charge on any atom is 0.416 e. The van der Waals surface area contributed by atoms with Crippen molar-refractivity contribution in [2.75, 3.05) is 26.3 Å². The summed E-state index contributed by atoms with van der Waals surface area (Å²) >= 11 is 0. The molecule has 1 aromatic carbocycles. The van der Waals surface area contributed by atoms with Gasteiger partial charge in [-0.25, -0.2) is 4.98 Å². The van der Waals surface area contributed by atoms with Gasteiger partial charge in [0.2, 0.25) is 5.88 Å². The standard InChI is InChI=1S/C22H26F3N3O3/c1-13(2)20-26-14(3)10-19(27-20)31-12-16-11-28(8-9-30-16)21(29)17-6-5-7-18(15(17)4)22(23,24)25/h5-7,10,13,16H,8-9,11-12H2,1-4H3. The zero-order chi connectivity index (χ0) is 22.8. The third-order valence-corrected chi connectivity index (χ3v) is 5.08. The van der Waals surface area contributed by atoms with E-state index in [1.165, 1.54) is 24.0 Å². The summed E-state index contributed by atoms with van der Waals surface area (Å²) in [6.07, 6.45) is -4.92. The van der Waals surface area contributed by atoms with Crippen LogP contribution in [0.2, 0.25) is 0 Å². The van der Waals surface area contributed by atoms with Crippen LogP contribution in [0.25, 0.3) is 0 Å². The van der Waals surface area contributed by atoms with E-state index in [1.807, 2.05) is 20.8 Å². The number of amides is 1. The number of aromatic nitrogens is 2. The van der Waals surface area contributed by atoms with Crippen LogP contribution in [0.5, 0.6) is 5.88 Å². The van der Waals surface area contributed by atoms with Gasteiger partial charge in [-0.15, -0.1) is 0 Å². The van der Waals surface area contributed by atoms with E-state index in [9.17, 15) is 18.0 Å². The normalized spacial score (nSPS) is 17.2. The van der Waals surface area contributed by atoms with Gasteiger partial charge in [-0.1, -0.05) is 19.9 Å². The van der Waals surface area contributed by atoms with Crippen LogP contribution in [-0.2, 0) is 10.9 Å². The maximum atomic E-state index is 13.2. The third kappa shape index (κ3) is 5.52. The van der Waals surface area contributed by atoms with Gasteiger partial charge in [0, 0.05) is 29.8 Å². The summed E-state index contributed by atoms with van der Waals surface area (Å²) in [4.78, 5) is 23.2. The van der Waals surface area contributed by atoms with Crippen molar-refractivity contribution in [1.82, 2.24) is 14.9 Å². The smallest absolute Gasteiger partial charge is 0.416 e. The molecule has 1 aromatic heterocycles. The largest absolute Gasteiger partial charge is 0.475 e. The van der Waals surface area contributed by atoms with E-state index in [0.717, 1.165) is 11.8 Å². The van der Waals surface area contributed by atoms with E-state index >= 15 is 0 Å². The number of ether oxygens (including phenoxy) is 2. The molecule has 31 heavy (non-hydrogen) atoms. The molecule has 1 atom stereocenters. The van der Waals surface area contributed by atoms with Crippen molar-refractivity contribution in [2.24, 2.45) is 0 Å². The Labute approximate surface area is 179 Å². The molecule has 2 aromatic rings. The number of carbonyl (C=O) groups excluding carboxylic acids is 1. The van der Waals surface area contributed by atoms with Gasteiger partial charge in [-0.05, 0) is 31.5 Å². The number of carbonyl (C=O) groups is 1. The highest BCUT2D eigenvalue weighted by Crippen LogP contribution is 2.33. The van der Waals surface area contributed by atoms with Crippen LogP contribution in [0.1, 0.15) is 52.8 Å². The van der Waals surface area contributed by atoms with Crippen molar-refractivity contribution in [3.05, 3.63) is 52.5 Å². The molecule has 168 valence electrons. The lowest BCUT2D eigenvalue weighted by Gasteiger charge is -2.33.